The van der Waals surface area contributed by atoms with Gasteiger partial charge in [-0.25, -0.2) is 9.69 Å². The Hall–Kier alpha value is -4.23. The van der Waals surface area contributed by atoms with Crippen LogP contribution in [-0.4, -0.2) is 17.8 Å². The summed E-state index contributed by atoms with van der Waals surface area (Å²) in [5.41, 5.74) is 3.56. The van der Waals surface area contributed by atoms with Gasteiger partial charge in [0.2, 0.25) is 0 Å². The number of aryl methyl sites for hydroxylation is 2. The second kappa shape index (κ2) is 10.0. The fourth-order valence-corrected chi connectivity index (χ4v) is 4.80. The Balaban J connectivity index is 1.49. The maximum Gasteiger partial charge on any atom is 0.335 e. The van der Waals surface area contributed by atoms with Crippen molar-refractivity contribution in [1.29, 1.82) is 0 Å². The fraction of sp³-hybridized carbons (Fsp3) is 0.100. The summed E-state index contributed by atoms with van der Waals surface area (Å²) in [6, 6.07) is 24.1. The minimum absolute atomic E-state index is 0.160. The number of barbiturate groups is 1. The first-order valence-electron chi connectivity index (χ1n) is 11.7. The van der Waals surface area contributed by atoms with E-state index in [4.69, 9.17) is 4.74 Å². The van der Waals surface area contributed by atoms with Crippen molar-refractivity contribution in [3.8, 4) is 5.75 Å². The van der Waals surface area contributed by atoms with Gasteiger partial charge in [0.25, 0.3) is 11.8 Å². The molecule has 4 aromatic rings. The van der Waals surface area contributed by atoms with Crippen LogP contribution in [0.1, 0.15) is 22.3 Å². The summed E-state index contributed by atoms with van der Waals surface area (Å²) in [5, 5.41) is 4.49. The lowest BCUT2D eigenvalue weighted by molar-refractivity contribution is -0.122. The minimum atomic E-state index is -0.777. The molecule has 1 aliphatic heterocycles. The fourth-order valence-electron chi connectivity index (χ4n) is 4.43. The van der Waals surface area contributed by atoms with E-state index in [1.165, 1.54) is 6.08 Å². The largest absolute Gasteiger partial charge is 0.488 e. The van der Waals surface area contributed by atoms with Crippen LogP contribution < -0.4 is 15.0 Å². The number of hydrogen-bond donors (Lipinski definition) is 1. The molecule has 184 valence electrons. The number of carbonyl (C=O) groups excluding carboxylic acids is 3. The molecule has 6 nitrogen and oxygen atoms in total. The summed E-state index contributed by atoms with van der Waals surface area (Å²) in [5.74, 6) is -0.948. The number of hydrogen-bond acceptors (Lipinski definition) is 4. The number of anilines is 1. The van der Waals surface area contributed by atoms with Gasteiger partial charge in [-0.05, 0) is 66.1 Å². The van der Waals surface area contributed by atoms with Crippen molar-refractivity contribution in [2.75, 3.05) is 4.90 Å². The summed E-state index contributed by atoms with van der Waals surface area (Å²) in [6.45, 7) is 4.04. The predicted octanol–water partition coefficient (Wildman–Crippen LogP) is 6.46. The minimum Gasteiger partial charge on any atom is -0.488 e. The van der Waals surface area contributed by atoms with Gasteiger partial charge in [0, 0.05) is 10.0 Å². The Morgan fingerprint density at radius 1 is 0.919 bits per heavy atom. The third-order valence-corrected chi connectivity index (χ3v) is 6.72. The Morgan fingerprint density at radius 3 is 2.51 bits per heavy atom. The van der Waals surface area contributed by atoms with E-state index in [-0.39, 0.29) is 5.57 Å². The molecule has 1 fully saturated rings. The molecule has 4 amide bonds. The molecule has 0 atom stereocenters. The Labute approximate surface area is 222 Å². The number of nitrogens with one attached hydrogen (secondary N) is 1. The van der Waals surface area contributed by atoms with Gasteiger partial charge in [0.15, 0.2) is 0 Å². The van der Waals surface area contributed by atoms with E-state index < -0.39 is 17.8 Å². The second-order valence-electron chi connectivity index (χ2n) is 8.86. The van der Waals surface area contributed by atoms with Crippen LogP contribution in [0.2, 0.25) is 0 Å². The van der Waals surface area contributed by atoms with Crippen LogP contribution >= 0.6 is 15.9 Å². The Morgan fingerprint density at radius 2 is 1.70 bits per heavy atom. The summed E-state index contributed by atoms with van der Waals surface area (Å²) in [6.07, 6.45) is 1.46. The molecule has 1 N–H and O–H groups in total. The number of imide groups is 2. The van der Waals surface area contributed by atoms with Crippen molar-refractivity contribution >= 4 is 56.3 Å². The molecule has 1 saturated heterocycles. The highest BCUT2D eigenvalue weighted by Gasteiger charge is 2.37. The SMILES string of the molecule is Cc1ccc(N2C(=O)NC(=O)/C(=C\c3cc(Br)ccc3OCc3cccc4ccccc34)C2=O)c(C)c1. The highest BCUT2D eigenvalue weighted by molar-refractivity contribution is 9.10. The first-order valence-corrected chi connectivity index (χ1v) is 12.5. The molecule has 4 aromatic carbocycles. The first-order chi connectivity index (χ1) is 17.8. The number of benzene rings is 4. The van der Waals surface area contributed by atoms with Crippen LogP contribution in [0.5, 0.6) is 5.75 Å². The van der Waals surface area contributed by atoms with Gasteiger partial charge in [0.1, 0.15) is 17.9 Å². The number of carbonyl (C=O) groups is 3. The van der Waals surface area contributed by atoms with E-state index >= 15 is 0 Å². The zero-order valence-electron chi connectivity index (χ0n) is 20.2. The molecular formula is C30H23BrN2O4. The van der Waals surface area contributed by atoms with E-state index in [9.17, 15) is 14.4 Å². The van der Waals surface area contributed by atoms with Gasteiger partial charge in [-0.2, -0.15) is 0 Å². The molecule has 5 rings (SSSR count). The van der Waals surface area contributed by atoms with Crippen molar-refractivity contribution < 1.29 is 19.1 Å². The number of halogens is 1. The van der Waals surface area contributed by atoms with Crippen LogP contribution in [0, 0.1) is 13.8 Å². The third kappa shape index (κ3) is 4.90. The van der Waals surface area contributed by atoms with Gasteiger partial charge in [-0.15, -0.1) is 0 Å². The monoisotopic (exact) mass is 554 g/mol. The van der Waals surface area contributed by atoms with Crippen LogP contribution in [0.4, 0.5) is 10.5 Å². The zero-order valence-corrected chi connectivity index (χ0v) is 21.8. The summed E-state index contributed by atoms with van der Waals surface area (Å²) in [4.78, 5) is 39.8. The highest BCUT2D eigenvalue weighted by atomic mass is 79.9. The van der Waals surface area contributed by atoms with Crippen molar-refractivity contribution in [3.63, 3.8) is 0 Å². The summed E-state index contributed by atoms with van der Waals surface area (Å²) >= 11 is 3.46. The van der Waals surface area contributed by atoms with E-state index in [1.807, 2.05) is 74.5 Å². The smallest absolute Gasteiger partial charge is 0.335 e. The van der Waals surface area contributed by atoms with Gasteiger partial charge >= 0.3 is 6.03 Å². The topological polar surface area (TPSA) is 75.7 Å². The summed E-state index contributed by atoms with van der Waals surface area (Å²) in [7, 11) is 0. The van der Waals surface area contributed by atoms with Crippen molar-refractivity contribution in [1.82, 2.24) is 5.32 Å². The number of amides is 4. The molecule has 0 radical (unpaired) electrons. The molecule has 0 saturated carbocycles. The standard InChI is InChI=1S/C30H23BrN2O4/c1-18-10-12-26(19(2)14-18)33-29(35)25(28(34)32-30(33)36)16-22-15-23(31)11-13-27(22)37-17-21-8-5-7-20-6-3-4-9-24(20)21/h3-16H,17H2,1-2H3,(H,32,34,36)/b25-16+. The van der Waals surface area contributed by atoms with Crippen molar-refractivity contribution in [2.45, 2.75) is 20.5 Å². The molecular weight excluding hydrogens is 532 g/mol. The van der Waals surface area contributed by atoms with Gasteiger partial charge in [-0.1, -0.05) is 76.1 Å². The van der Waals surface area contributed by atoms with Crippen LogP contribution in [0.25, 0.3) is 16.8 Å². The average Bonchev–Trinajstić information content (AvgIpc) is 2.87. The molecule has 1 aliphatic rings. The first kappa shape index (κ1) is 24.5. The molecule has 7 heteroatoms. The highest BCUT2D eigenvalue weighted by Crippen LogP contribution is 2.30. The molecule has 0 spiro atoms. The molecule has 0 aliphatic carbocycles. The number of fused-ring (bicyclic) bond motifs is 1. The lowest BCUT2D eigenvalue weighted by atomic mass is 10.0. The van der Waals surface area contributed by atoms with Crippen LogP contribution in [0.3, 0.4) is 0 Å². The number of ether oxygens (including phenoxy) is 1. The molecule has 0 unspecified atom stereocenters. The molecule has 0 bridgehead atoms. The lowest BCUT2D eigenvalue weighted by Gasteiger charge is -2.27. The Kier molecular flexibility index (Phi) is 6.63. The molecule has 0 aromatic heterocycles. The van der Waals surface area contributed by atoms with Crippen LogP contribution in [-0.2, 0) is 16.2 Å². The van der Waals surface area contributed by atoms with Gasteiger partial charge in [-0.3, -0.25) is 14.9 Å². The summed E-state index contributed by atoms with van der Waals surface area (Å²) < 4.78 is 6.93. The van der Waals surface area contributed by atoms with Crippen molar-refractivity contribution in [3.05, 3.63) is 111 Å². The molecule has 37 heavy (non-hydrogen) atoms. The lowest BCUT2D eigenvalue weighted by Crippen LogP contribution is -2.54. The number of nitrogens with zero attached hydrogens (tertiary/aromatic N) is 1. The van der Waals surface area contributed by atoms with E-state index in [2.05, 4.69) is 21.2 Å². The predicted molar refractivity (Wildman–Crippen MR) is 147 cm³/mol. The maximum atomic E-state index is 13.4. The van der Waals surface area contributed by atoms with Crippen molar-refractivity contribution in [2.24, 2.45) is 0 Å². The number of rotatable bonds is 5. The quantitative estimate of drug-likeness (QED) is 0.227. The van der Waals surface area contributed by atoms with E-state index in [1.54, 1.807) is 18.2 Å². The molecule has 1 heterocycles. The Bertz CT molecular complexity index is 1600. The van der Waals surface area contributed by atoms with E-state index in [0.29, 0.717) is 23.6 Å². The van der Waals surface area contributed by atoms with E-state index in [0.717, 1.165) is 36.8 Å². The second-order valence-corrected chi connectivity index (χ2v) is 9.77. The third-order valence-electron chi connectivity index (χ3n) is 6.23. The van der Waals surface area contributed by atoms with Gasteiger partial charge < -0.3 is 4.74 Å². The normalized spacial score (nSPS) is 14.8. The van der Waals surface area contributed by atoms with Gasteiger partial charge in [0.05, 0.1) is 5.69 Å². The van der Waals surface area contributed by atoms with Crippen LogP contribution in [0.15, 0.2) is 88.9 Å². The zero-order chi connectivity index (χ0) is 26.1. The number of urea groups is 1. The maximum absolute atomic E-state index is 13.4. The average molecular weight is 555 g/mol.